The summed E-state index contributed by atoms with van der Waals surface area (Å²) in [4.78, 5) is 18.9. The molecule has 2 N–H and O–H groups in total. The highest BCUT2D eigenvalue weighted by Gasteiger charge is 2.21. The Hall–Kier alpha value is -1.48. The fraction of sp³-hybridized carbons (Fsp3) is 0.545. The summed E-state index contributed by atoms with van der Waals surface area (Å²) in [5.41, 5.74) is -0.0235. The zero-order valence-corrected chi connectivity index (χ0v) is 20.0. The van der Waals surface area contributed by atoms with E-state index in [1.54, 1.807) is 0 Å². The summed E-state index contributed by atoms with van der Waals surface area (Å²) in [6.45, 7) is 7.52. The van der Waals surface area contributed by atoms with Gasteiger partial charge in [0.1, 0.15) is 23.4 Å². The molecule has 1 aromatic carbocycles. The molecule has 0 saturated heterocycles. The summed E-state index contributed by atoms with van der Waals surface area (Å²) in [7, 11) is 0. The molecule has 0 bridgehead atoms. The smallest absolute Gasteiger partial charge is 0.262 e. The van der Waals surface area contributed by atoms with Gasteiger partial charge in [-0.25, -0.2) is 4.98 Å². The Labute approximate surface area is 188 Å². The minimum Gasteiger partial charge on any atom is -0.488 e. The van der Waals surface area contributed by atoms with Crippen LogP contribution in [0.4, 0.5) is 0 Å². The minimum absolute atomic E-state index is 0.0471. The number of thiophene rings is 1. The van der Waals surface area contributed by atoms with E-state index in [1.165, 1.54) is 11.3 Å². The molecule has 1 aliphatic rings. The number of hydrogen-bond acceptors (Lipinski definition) is 6. The highest BCUT2D eigenvalue weighted by Crippen LogP contribution is 2.41. The van der Waals surface area contributed by atoms with E-state index in [-0.39, 0.29) is 17.7 Å². The van der Waals surface area contributed by atoms with E-state index < -0.39 is 6.10 Å². The molecule has 1 aliphatic heterocycles. The van der Waals surface area contributed by atoms with Crippen LogP contribution >= 0.6 is 27.3 Å². The SMILES string of the molecule is CC(C)(C)NC[C@H](O)COc1c(Br)ccc2c1sc1nc3n(c(=O)c12)CCCCC3. The monoisotopic (exact) mass is 493 g/mol. The molecule has 2 aromatic heterocycles. The van der Waals surface area contributed by atoms with Gasteiger partial charge in [-0.2, -0.15) is 0 Å². The third-order valence-corrected chi connectivity index (χ3v) is 7.04. The highest BCUT2D eigenvalue weighted by molar-refractivity contribution is 9.10. The number of hydrogen-bond donors (Lipinski definition) is 2. The maximum atomic E-state index is 13.3. The van der Waals surface area contributed by atoms with E-state index in [9.17, 15) is 9.90 Å². The minimum atomic E-state index is -0.638. The highest BCUT2D eigenvalue weighted by atomic mass is 79.9. The second kappa shape index (κ2) is 8.57. The van der Waals surface area contributed by atoms with E-state index in [0.29, 0.717) is 17.7 Å². The summed E-state index contributed by atoms with van der Waals surface area (Å²) < 4.78 is 9.58. The predicted octanol–water partition coefficient (Wildman–Crippen LogP) is 4.23. The molecule has 30 heavy (non-hydrogen) atoms. The van der Waals surface area contributed by atoms with Crippen LogP contribution in [0.15, 0.2) is 21.4 Å². The second-order valence-electron chi connectivity index (χ2n) is 8.93. The van der Waals surface area contributed by atoms with Crippen molar-refractivity contribution in [3.05, 3.63) is 32.8 Å². The molecule has 8 heteroatoms. The van der Waals surface area contributed by atoms with Crippen LogP contribution in [0, 0.1) is 0 Å². The van der Waals surface area contributed by atoms with E-state index in [2.05, 4.69) is 42.0 Å². The normalized spacial score (nSPS) is 15.9. The Balaban J connectivity index is 1.70. The molecule has 0 radical (unpaired) electrons. The van der Waals surface area contributed by atoms with Crippen LogP contribution in [0.25, 0.3) is 20.3 Å². The number of nitrogens with one attached hydrogen (secondary N) is 1. The van der Waals surface area contributed by atoms with Crippen LogP contribution in [0.1, 0.15) is 45.9 Å². The van der Waals surface area contributed by atoms with Crippen molar-refractivity contribution in [2.75, 3.05) is 13.2 Å². The van der Waals surface area contributed by atoms with Gasteiger partial charge < -0.3 is 15.2 Å². The number of aliphatic hydroxyl groups excluding tert-OH is 1. The van der Waals surface area contributed by atoms with Gasteiger partial charge in [-0.05, 0) is 55.6 Å². The zero-order valence-electron chi connectivity index (χ0n) is 17.6. The third-order valence-electron chi connectivity index (χ3n) is 5.32. The Kier molecular flexibility index (Phi) is 6.21. The van der Waals surface area contributed by atoms with Crippen LogP contribution in [-0.4, -0.2) is 39.5 Å². The Morgan fingerprint density at radius 1 is 1.33 bits per heavy atom. The summed E-state index contributed by atoms with van der Waals surface area (Å²) in [5.74, 6) is 1.55. The van der Waals surface area contributed by atoms with Gasteiger partial charge in [0, 0.05) is 30.4 Å². The van der Waals surface area contributed by atoms with Crippen molar-refractivity contribution in [1.29, 1.82) is 0 Å². The summed E-state index contributed by atoms with van der Waals surface area (Å²) in [6.07, 6.45) is 3.43. The number of fused-ring (bicyclic) bond motifs is 4. The number of benzene rings is 1. The van der Waals surface area contributed by atoms with Crippen molar-refractivity contribution < 1.29 is 9.84 Å². The maximum absolute atomic E-state index is 13.3. The lowest BCUT2D eigenvalue weighted by Crippen LogP contribution is -2.42. The number of ether oxygens (including phenoxy) is 1. The number of halogens is 1. The number of aliphatic hydroxyl groups is 1. The van der Waals surface area contributed by atoms with Gasteiger partial charge in [-0.15, -0.1) is 11.3 Å². The lowest BCUT2D eigenvalue weighted by atomic mass is 10.1. The summed E-state index contributed by atoms with van der Waals surface area (Å²) in [6, 6.07) is 3.86. The molecule has 1 atom stereocenters. The second-order valence-corrected chi connectivity index (χ2v) is 10.8. The van der Waals surface area contributed by atoms with Crippen LogP contribution in [0.5, 0.6) is 5.75 Å². The molecule has 162 valence electrons. The van der Waals surface area contributed by atoms with Gasteiger partial charge >= 0.3 is 0 Å². The van der Waals surface area contributed by atoms with E-state index in [0.717, 1.165) is 57.4 Å². The number of aromatic nitrogens is 2. The van der Waals surface area contributed by atoms with Crippen molar-refractivity contribution in [2.45, 2.75) is 64.6 Å². The van der Waals surface area contributed by atoms with Gasteiger partial charge in [-0.3, -0.25) is 9.36 Å². The molecule has 0 spiro atoms. The van der Waals surface area contributed by atoms with Crippen molar-refractivity contribution in [3.63, 3.8) is 0 Å². The molecule has 3 aromatic rings. The summed E-state index contributed by atoms with van der Waals surface area (Å²) >= 11 is 5.06. The standard InChI is InChI=1S/C22H28BrN3O3S/c1-22(2,3)24-11-13(27)12-29-18-15(23)9-8-14-17-20(30-19(14)18)25-16-7-5-4-6-10-26(16)21(17)28/h8-9,13,24,27H,4-7,10-12H2,1-3H3/t13-/m0/s1. The fourth-order valence-electron chi connectivity index (χ4n) is 3.76. The van der Waals surface area contributed by atoms with E-state index in [4.69, 9.17) is 9.72 Å². The quantitative estimate of drug-likeness (QED) is 0.556. The van der Waals surface area contributed by atoms with E-state index >= 15 is 0 Å². The lowest BCUT2D eigenvalue weighted by Gasteiger charge is -2.23. The van der Waals surface area contributed by atoms with Crippen LogP contribution in [0.3, 0.4) is 0 Å². The van der Waals surface area contributed by atoms with Crippen LogP contribution < -0.4 is 15.6 Å². The van der Waals surface area contributed by atoms with Gasteiger partial charge in [0.25, 0.3) is 5.56 Å². The first-order valence-corrected chi connectivity index (χ1v) is 12.1. The number of β-amino-alcohol motifs (C(OH)–C–C–N with tert-alkyl or cyclic N) is 1. The molecule has 0 amide bonds. The van der Waals surface area contributed by atoms with Crippen LogP contribution in [-0.2, 0) is 13.0 Å². The molecule has 0 unspecified atom stereocenters. The summed E-state index contributed by atoms with van der Waals surface area (Å²) in [5, 5.41) is 15.1. The molecule has 0 aliphatic carbocycles. The van der Waals surface area contributed by atoms with Crippen molar-refractivity contribution >= 4 is 47.6 Å². The van der Waals surface area contributed by atoms with Gasteiger partial charge in [-0.1, -0.05) is 12.5 Å². The number of aryl methyl sites for hydroxylation is 1. The average molecular weight is 494 g/mol. The Bertz CT molecular complexity index is 1130. The first kappa shape index (κ1) is 21.7. The van der Waals surface area contributed by atoms with Gasteiger partial charge in [0.2, 0.25) is 0 Å². The van der Waals surface area contributed by atoms with Crippen molar-refractivity contribution in [3.8, 4) is 5.75 Å². The Morgan fingerprint density at radius 2 is 2.13 bits per heavy atom. The van der Waals surface area contributed by atoms with Crippen molar-refractivity contribution in [2.24, 2.45) is 0 Å². The zero-order chi connectivity index (χ0) is 21.5. The van der Waals surface area contributed by atoms with E-state index in [1.807, 2.05) is 16.7 Å². The molecule has 0 fully saturated rings. The maximum Gasteiger partial charge on any atom is 0.262 e. The number of nitrogens with zero attached hydrogens (tertiary/aromatic N) is 2. The fourth-order valence-corrected chi connectivity index (χ4v) is 5.52. The first-order valence-electron chi connectivity index (χ1n) is 10.4. The predicted molar refractivity (Wildman–Crippen MR) is 126 cm³/mol. The Morgan fingerprint density at radius 3 is 2.90 bits per heavy atom. The third kappa shape index (κ3) is 4.42. The molecule has 3 heterocycles. The van der Waals surface area contributed by atoms with Gasteiger partial charge in [0.05, 0.1) is 14.6 Å². The molecular formula is C22H28BrN3O3S. The van der Waals surface area contributed by atoms with Crippen molar-refractivity contribution in [1.82, 2.24) is 14.9 Å². The molecule has 0 saturated carbocycles. The lowest BCUT2D eigenvalue weighted by molar-refractivity contribution is 0.101. The first-order chi connectivity index (χ1) is 14.2. The number of rotatable bonds is 5. The molecular weight excluding hydrogens is 466 g/mol. The average Bonchev–Trinajstić information content (AvgIpc) is 2.88. The molecule has 4 rings (SSSR count). The van der Waals surface area contributed by atoms with Crippen LogP contribution in [0.2, 0.25) is 0 Å². The largest absolute Gasteiger partial charge is 0.488 e. The molecule has 6 nitrogen and oxygen atoms in total. The topological polar surface area (TPSA) is 76.4 Å². The van der Waals surface area contributed by atoms with Gasteiger partial charge in [0.15, 0.2) is 5.75 Å².